The second-order valence-corrected chi connectivity index (χ2v) is 17.7. The van der Waals surface area contributed by atoms with Gasteiger partial charge in [0.15, 0.2) is 0 Å². The van der Waals surface area contributed by atoms with Crippen molar-refractivity contribution in [2.24, 2.45) is 0 Å². The van der Waals surface area contributed by atoms with E-state index in [0.29, 0.717) is 0 Å². The molecule has 0 N–H and O–H groups in total. The van der Waals surface area contributed by atoms with Crippen molar-refractivity contribution in [2.75, 3.05) is 0 Å². The van der Waals surface area contributed by atoms with Crippen molar-refractivity contribution in [1.82, 2.24) is 4.57 Å². The molecule has 0 aliphatic heterocycles. The molecule has 3 heteroatoms. The van der Waals surface area contributed by atoms with Gasteiger partial charge >= 0.3 is 0 Å². The molecule has 13 rings (SSSR count). The van der Waals surface area contributed by atoms with Crippen LogP contribution >= 0.6 is 22.7 Å². The molecule has 3 heterocycles. The van der Waals surface area contributed by atoms with Crippen LogP contribution in [0.2, 0.25) is 0 Å². The van der Waals surface area contributed by atoms with Gasteiger partial charge < -0.3 is 4.57 Å². The molecule has 59 heavy (non-hydrogen) atoms. The van der Waals surface area contributed by atoms with E-state index in [4.69, 9.17) is 0 Å². The molecule has 0 spiro atoms. The van der Waals surface area contributed by atoms with Crippen LogP contribution in [0.3, 0.4) is 0 Å². The zero-order valence-corrected chi connectivity index (χ0v) is 33.4. The first kappa shape index (κ1) is 33.0. The number of hydrogen-bond acceptors (Lipinski definition) is 2. The van der Waals surface area contributed by atoms with Gasteiger partial charge in [0.2, 0.25) is 0 Å². The molecule has 0 bridgehead atoms. The molecule has 0 aliphatic rings. The van der Waals surface area contributed by atoms with Gasteiger partial charge in [-0.05, 0) is 110 Å². The number of hydrogen-bond donors (Lipinski definition) is 0. The Balaban J connectivity index is 1.03. The molecule has 0 amide bonds. The molecular weight excluding hydrogens is 751 g/mol. The minimum atomic E-state index is 1.15. The first-order valence-corrected chi connectivity index (χ1v) is 21.8. The minimum absolute atomic E-state index is 1.15. The lowest BCUT2D eigenvalue weighted by Gasteiger charge is -2.13. The highest BCUT2D eigenvalue weighted by molar-refractivity contribution is 7.26. The van der Waals surface area contributed by atoms with Crippen LogP contribution in [-0.2, 0) is 0 Å². The van der Waals surface area contributed by atoms with Crippen LogP contribution in [0, 0.1) is 0 Å². The summed E-state index contributed by atoms with van der Waals surface area (Å²) >= 11 is 3.79. The van der Waals surface area contributed by atoms with Crippen molar-refractivity contribution in [1.29, 1.82) is 0 Å². The standard InChI is InChI=1S/C56H33NS2/c1-2-12-39-35(11-1)31-48(43-14-4-3-13-42(39)43)34-23-27-38(28-24-34)57-51-29-25-36(40-17-9-19-46-44-15-5-7-21-53(44)58-55(40)46)32-49(51)50-33-37(26-30-52(50)57)41-18-10-20-47-45-16-6-8-22-54(45)59-56(41)47/h1-33H. The van der Waals surface area contributed by atoms with E-state index in [0.717, 1.165) is 5.69 Å². The van der Waals surface area contributed by atoms with Crippen LogP contribution in [-0.4, -0.2) is 4.57 Å². The Labute approximate surface area is 348 Å². The zero-order valence-electron chi connectivity index (χ0n) is 31.8. The molecule has 0 unspecified atom stereocenters. The summed E-state index contributed by atoms with van der Waals surface area (Å²) in [5, 5.41) is 12.9. The fourth-order valence-corrected chi connectivity index (χ4v) is 12.1. The van der Waals surface area contributed by atoms with E-state index in [9.17, 15) is 0 Å². The van der Waals surface area contributed by atoms with Crippen molar-refractivity contribution in [3.05, 3.63) is 200 Å². The third-order valence-corrected chi connectivity index (χ3v) is 14.8. The van der Waals surface area contributed by atoms with Crippen LogP contribution < -0.4 is 0 Å². The summed E-state index contributed by atoms with van der Waals surface area (Å²) in [5.41, 5.74) is 11.1. The molecule has 3 aromatic heterocycles. The maximum absolute atomic E-state index is 2.46. The van der Waals surface area contributed by atoms with Gasteiger partial charge in [0.1, 0.15) is 0 Å². The number of thiophene rings is 2. The highest BCUT2D eigenvalue weighted by Crippen LogP contribution is 2.45. The summed E-state index contributed by atoms with van der Waals surface area (Å²) in [7, 11) is 0. The first-order chi connectivity index (χ1) is 29.2. The van der Waals surface area contributed by atoms with Crippen LogP contribution in [0.1, 0.15) is 0 Å². The smallest absolute Gasteiger partial charge is 0.0541 e. The molecule has 13 aromatic rings. The predicted molar refractivity (Wildman–Crippen MR) is 258 cm³/mol. The van der Waals surface area contributed by atoms with Gasteiger partial charge in [0, 0.05) is 56.8 Å². The highest BCUT2D eigenvalue weighted by atomic mass is 32.1. The maximum atomic E-state index is 2.46. The van der Waals surface area contributed by atoms with Gasteiger partial charge in [-0.25, -0.2) is 0 Å². The molecule has 0 saturated heterocycles. The normalized spacial score (nSPS) is 12.1. The molecule has 0 radical (unpaired) electrons. The average molecular weight is 784 g/mol. The van der Waals surface area contributed by atoms with Gasteiger partial charge in [-0.3, -0.25) is 0 Å². The second-order valence-electron chi connectivity index (χ2n) is 15.6. The summed E-state index contributed by atoms with van der Waals surface area (Å²) in [6, 6.07) is 74.4. The number of fused-ring (bicyclic) bond motifs is 12. The molecular formula is C56H33NS2. The minimum Gasteiger partial charge on any atom is -0.309 e. The lowest BCUT2D eigenvalue weighted by atomic mass is 9.93. The highest BCUT2D eigenvalue weighted by Gasteiger charge is 2.18. The van der Waals surface area contributed by atoms with E-state index in [1.807, 2.05) is 22.7 Å². The summed E-state index contributed by atoms with van der Waals surface area (Å²) in [6.45, 7) is 0. The average Bonchev–Trinajstić information content (AvgIpc) is 3.98. The van der Waals surface area contributed by atoms with Crippen molar-refractivity contribution < 1.29 is 0 Å². The molecule has 274 valence electrons. The summed E-state index contributed by atoms with van der Waals surface area (Å²) in [5.74, 6) is 0. The second kappa shape index (κ2) is 12.7. The van der Waals surface area contributed by atoms with Crippen molar-refractivity contribution >= 4 is 106 Å². The molecule has 10 aromatic carbocycles. The number of aromatic nitrogens is 1. The van der Waals surface area contributed by atoms with E-state index in [1.54, 1.807) is 0 Å². The van der Waals surface area contributed by atoms with Gasteiger partial charge in [0.25, 0.3) is 0 Å². The Bertz CT molecular complexity index is 3670. The Morgan fingerprint density at radius 1 is 0.288 bits per heavy atom. The van der Waals surface area contributed by atoms with Crippen LogP contribution in [0.25, 0.3) is 123 Å². The zero-order chi connectivity index (χ0) is 38.6. The van der Waals surface area contributed by atoms with E-state index in [-0.39, 0.29) is 0 Å². The van der Waals surface area contributed by atoms with Gasteiger partial charge in [-0.2, -0.15) is 0 Å². The van der Waals surface area contributed by atoms with Gasteiger partial charge in [-0.1, -0.05) is 146 Å². The van der Waals surface area contributed by atoms with E-state index in [2.05, 4.69) is 205 Å². The summed E-state index contributed by atoms with van der Waals surface area (Å²) < 4.78 is 7.79. The summed E-state index contributed by atoms with van der Waals surface area (Å²) in [4.78, 5) is 0. The molecule has 0 atom stereocenters. The topological polar surface area (TPSA) is 4.93 Å². The Kier molecular flexibility index (Phi) is 7.12. The van der Waals surface area contributed by atoms with Crippen molar-refractivity contribution in [3.63, 3.8) is 0 Å². The third-order valence-electron chi connectivity index (χ3n) is 12.4. The van der Waals surface area contributed by atoms with Gasteiger partial charge in [-0.15, -0.1) is 22.7 Å². The molecule has 0 saturated carbocycles. The van der Waals surface area contributed by atoms with E-state index in [1.165, 1.54) is 117 Å². The monoisotopic (exact) mass is 783 g/mol. The van der Waals surface area contributed by atoms with E-state index >= 15 is 0 Å². The maximum Gasteiger partial charge on any atom is 0.0541 e. The quantitative estimate of drug-likeness (QED) is 0.157. The Morgan fingerprint density at radius 3 is 1.36 bits per heavy atom. The number of benzene rings is 10. The van der Waals surface area contributed by atoms with E-state index < -0.39 is 0 Å². The van der Waals surface area contributed by atoms with Crippen molar-refractivity contribution in [2.45, 2.75) is 0 Å². The third kappa shape index (κ3) is 4.96. The van der Waals surface area contributed by atoms with Crippen LogP contribution in [0.4, 0.5) is 0 Å². The largest absolute Gasteiger partial charge is 0.309 e. The predicted octanol–water partition coefficient (Wildman–Crippen LogP) is 16.8. The molecule has 0 aliphatic carbocycles. The molecule has 1 nitrogen and oxygen atoms in total. The van der Waals surface area contributed by atoms with Gasteiger partial charge in [0.05, 0.1) is 11.0 Å². The Hall–Kier alpha value is -7.04. The lowest BCUT2D eigenvalue weighted by Crippen LogP contribution is -1.94. The lowest BCUT2D eigenvalue weighted by molar-refractivity contribution is 1.18. The Morgan fingerprint density at radius 2 is 0.763 bits per heavy atom. The molecule has 0 fully saturated rings. The van der Waals surface area contributed by atoms with Crippen molar-refractivity contribution in [3.8, 4) is 39.1 Å². The number of nitrogens with zero attached hydrogens (tertiary/aromatic N) is 1. The fraction of sp³-hybridized carbons (Fsp3) is 0. The fourth-order valence-electron chi connectivity index (χ4n) is 9.67. The number of rotatable bonds is 4. The summed E-state index contributed by atoms with van der Waals surface area (Å²) in [6.07, 6.45) is 0. The van der Waals surface area contributed by atoms with Crippen LogP contribution in [0.15, 0.2) is 200 Å². The van der Waals surface area contributed by atoms with Crippen LogP contribution in [0.5, 0.6) is 0 Å². The SMILES string of the molecule is c1ccc2c(c1)cc(-c1ccc(-n3c4ccc(-c5cccc6c5sc5ccccc56)cc4c4cc(-c5cccc6c5sc5ccccc56)ccc43)cc1)c1ccccc12. The first-order valence-electron chi connectivity index (χ1n) is 20.2.